The van der Waals surface area contributed by atoms with E-state index in [1.54, 1.807) is 4.57 Å². The second-order valence-electron chi connectivity index (χ2n) is 5.68. The molecule has 2 heterocycles. The molecule has 2 aliphatic rings. The Hall–Kier alpha value is -1.85. The molecule has 6 nitrogen and oxygen atoms in total. The molecule has 20 heavy (non-hydrogen) atoms. The number of aromatic nitrogens is 1. The first-order valence-electron chi connectivity index (χ1n) is 7.28. The first-order valence-corrected chi connectivity index (χ1v) is 7.28. The van der Waals surface area contributed by atoms with Gasteiger partial charge in [0.2, 0.25) is 0 Å². The molecule has 0 radical (unpaired) electrons. The van der Waals surface area contributed by atoms with E-state index in [4.69, 9.17) is 5.21 Å². The molecule has 1 aromatic rings. The van der Waals surface area contributed by atoms with Gasteiger partial charge in [0.05, 0.1) is 0 Å². The van der Waals surface area contributed by atoms with Crippen LogP contribution >= 0.6 is 0 Å². The van der Waals surface area contributed by atoms with Crippen LogP contribution in [0, 0.1) is 0 Å². The van der Waals surface area contributed by atoms with Gasteiger partial charge in [-0.15, -0.1) is 0 Å². The fraction of sp³-hybridized carbons (Fsp3) is 0.643. The summed E-state index contributed by atoms with van der Waals surface area (Å²) in [4.78, 5) is 1.94. The highest BCUT2D eigenvalue weighted by Gasteiger charge is 2.29. The van der Waals surface area contributed by atoms with Crippen molar-refractivity contribution in [3.8, 4) is 11.8 Å². The lowest BCUT2D eigenvalue weighted by Gasteiger charge is -2.31. The van der Waals surface area contributed by atoms with Crippen LogP contribution in [0.15, 0.2) is 5.16 Å². The summed E-state index contributed by atoms with van der Waals surface area (Å²) >= 11 is 0. The number of rotatable bonds is 2. The van der Waals surface area contributed by atoms with Crippen molar-refractivity contribution in [3.63, 3.8) is 0 Å². The minimum atomic E-state index is 0.115. The van der Waals surface area contributed by atoms with Crippen LogP contribution in [0.1, 0.15) is 42.9 Å². The molecule has 1 aliphatic heterocycles. The molecule has 3 N–H and O–H groups in total. The van der Waals surface area contributed by atoms with Crippen molar-refractivity contribution in [1.29, 1.82) is 0 Å². The number of likely N-dealkylation sites (tertiary alicyclic amines) is 1. The van der Waals surface area contributed by atoms with Crippen LogP contribution < -0.4 is 0 Å². The Kier molecular flexibility index (Phi) is 3.46. The van der Waals surface area contributed by atoms with Gasteiger partial charge in [0, 0.05) is 30.3 Å². The topological polar surface area (TPSA) is 81.2 Å². The third kappa shape index (κ3) is 2.09. The van der Waals surface area contributed by atoms with Crippen molar-refractivity contribution >= 4 is 6.34 Å². The van der Waals surface area contributed by atoms with E-state index in [-0.39, 0.29) is 17.8 Å². The van der Waals surface area contributed by atoms with E-state index in [0.29, 0.717) is 0 Å². The molecule has 0 atom stereocenters. The van der Waals surface area contributed by atoms with E-state index in [1.165, 1.54) is 6.34 Å². The lowest BCUT2D eigenvalue weighted by atomic mass is 9.95. The van der Waals surface area contributed by atoms with Crippen LogP contribution in [0.2, 0.25) is 0 Å². The largest absolute Gasteiger partial charge is 0.494 e. The Morgan fingerprint density at radius 3 is 2.05 bits per heavy atom. The highest BCUT2D eigenvalue weighted by molar-refractivity contribution is 5.54. The monoisotopic (exact) mass is 279 g/mol. The molecule has 6 heteroatoms. The van der Waals surface area contributed by atoms with Crippen molar-refractivity contribution in [2.75, 3.05) is 13.1 Å². The average molecular weight is 279 g/mol. The zero-order chi connectivity index (χ0) is 14.1. The molecular formula is C14H21N3O3. The Balaban J connectivity index is 1.83. The van der Waals surface area contributed by atoms with Gasteiger partial charge in [0.25, 0.3) is 0 Å². The quantitative estimate of drug-likeness (QED) is 0.334. The van der Waals surface area contributed by atoms with Crippen LogP contribution in [-0.4, -0.2) is 44.3 Å². The number of fused-ring (bicyclic) bond motifs is 1. The fourth-order valence-corrected chi connectivity index (χ4v) is 3.47. The maximum atomic E-state index is 10.4. The Labute approximate surface area is 117 Å². The highest BCUT2D eigenvalue weighted by atomic mass is 16.4. The summed E-state index contributed by atoms with van der Waals surface area (Å²) in [5.41, 5.74) is 1.88. The predicted molar refractivity (Wildman–Crippen MR) is 74.5 cm³/mol. The van der Waals surface area contributed by atoms with Gasteiger partial charge in [0.1, 0.15) is 6.34 Å². The molecule has 3 rings (SSSR count). The standard InChI is InChI=1S/C14H21N3O3/c18-13-11-3-1-2-4-12(11)14(19)17(13)10-5-7-16(8-6-10)9-15-20/h9-10,18-20H,1-8H2. The minimum Gasteiger partial charge on any atom is -0.494 e. The summed E-state index contributed by atoms with van der Waals surface area (Å²) < 4.78 is 1.71. The smallest absolute Gasteiger partial charge is 0.197 e. The molecule has 0 aromatic carbocycles. The normalized spacial score (nSPS) is 20.5. The lowest BCUT2D eigenvalue weighted by molar-refractivity contribution is 0.231. The maximum absolute atomic E-state index is 10.4. The SMILES string of the molecule is ON=CN1CCC(n2c(O)c3c(c2O)CCCC3)CC1. The second-order valence-corrected chi connectivity index (χ2v) is 5.68. The molecular weight excluding hydrogens is 258 g/mol. The van der Waals surface area contributed by atoms with Gasteiger partial charge in [-0.2, -0.15) is 0 Å². The van der Waals surface area contributed by atoms with Crippen LogP contribution in [0.5, 0.6) is 11.8 Å². The molecule has 0 spiro atoms. The van der Waals surface area contributed by atoms with Crippen molar-refractivity contribution in [2.45, 2.75) is 44.6 Å². The second kappa shape index (κ2) is 5.26. The number of oxime groups is 1. The summed E-state index contributed by atoms with van der Waals surface area (Å²) in [5.74, 6) is 0.512. The van der Waals surface area contributed by atoms with Gasteiger partial charge in [-0.3, -0.25) is 4.57 Å². The predicted octanol–water partition coefficient (Wildman–Crippen LogP) is 1.83. The number of nitrogens with zero attached hydrogens (tertiary/aromatic N) is 3. The fourth-order valence-electron chi connectivity index (χ4n) is 3.47. The first kappa shape index (κ1) is 13.1. The van der Waals surface area contributed by atoms with E-state index in [0.717, 1.165) is 62.7 Å². The Bertz CT molecular complexity index is 487. The third-order valence-electron chi connectivity index (χ3n) is 4.54. The number of piperidine rings is 1. The molecule has 0 bridgehead atoms. The summed E-state index contributed by atoms with van der Waals surface area (Å²) in [6.45, 7) is 1.52. The van der Waals surface area contributed by atoms with Gasteiger partial charge in [-0.05, 0) is 38.5 Å². The van der Waals surface area contributed by atoms with Crippen LogP contribution in [0.25, 0.3) is 0 Å². The third-order valence-corrected chi connectivity index (χ3v) is 4.54. The summed E-state index contributed by atoms with van der Waals surface area (Å²) in [5, 5.41) is 32.4. The van der Waals surface area contributed by atoms with E-state index in [1.807, 2.05) is 4.90 Å². The lowest BCUT2D eigenvalue weighted by Crippen LogP contribution is -2.33. The molecule has 0 saturated carbocycles. The molecule has 1 saturated heterocycles. The number of aromatic hydroxyl groups is 2. The number of hydrogen-bond donors (Lipinski definition) is 3. The average Bonchev–Trinajstić information content (AvgIpc) is 2.73. The van der Waals surface area contributed by atoms with Gasteiger partial charge in [0.15, 0.2) is 11.8 Å². The summed E-state index contributed by atoms with van der Waals surface area (Å²) in [7, 11) is 0. The Morgan fingerprint density at radius 1 is 1.00 bits per heavy atom. The first-order chi connectivity index (χ1) is 9.72. The Morgan fingerprint density at radius 2 is 1.55 bits per heavy atom. The number of hydrogen-bond acceptors (Lipinski definition) is 4. The zero-order valence-corrected chi connectivity index (χ0v) is 11.5. The van der Waals surface area contributed by atoms with Gasteiger partial charge >= 0.3 is 0 Å². The van der Waals surface area contributed by atoms with Crippen LogP contribution in [0.4, 0.5) is 0 Å². The molecule has 1 aliphatic carbocycles. The molecule has 0 amide bonds. The summed E-state index contributed by atoms with van der Waals surface area (Å²) in [6.07, 6.45) is 6.94. The van der Waals surface area contributed by atoms with E-state index in [2.05, 4.69) is 5.16 Å². The minimum absolute atomic E-state index is 0.115. The molecule has 110 valence electrons. The van der Waals surface area contributed by atoms with Crippen molar-refractivity contribution < 1.29 is 15.4 Å². The van der Waals surface area contributed by atoms with E-state index in [9.17, 15) is 10.2 Å². The summed E-state index contributed by atoms with van der Waals surface area (Å²) in [6, 6.07) is 0.115. The van der Waals surface area contributed by atoms with Crippen molar-refractivity contribution in [2.24, 2.45) is 5.16 Å². The highest BCUT2D eigenvalue weighted by Crippen LogP contribution is 2.42. The molecule has 1 aromatic heterocycles. The molecule has 0 unspecified atom stereocenters. The van der Waals surface area contributed by atoms with Gasteiger partial charge in [-0.25, -0.2) is 0 Å². The van der Waals surface area contributed by atoms with Gasteiger partial charge < -0.3 is 20.3 Å². The molecule has 1 fully saturated rings. The van der Waals surface area contributed by atoms with Crippen LogP contribution in [0.3, 0.4) is 0 Å². The van der Waals surface area contributed by atoms with E-state index >= 15 is 0 Å². The van der Waals surface area contributed by atoms with Crippen molar-refractivity contribution in [3.05, 3.63) is 11.1 Å². The van der Waals surface area contributed by atoms with E-state index < -0.39 is 0 Å². The maximum Gasteiger partial charge on any atom is 0.197 e. The zero-order valence-electron chi connectivity index (χ0n) is 11.5. The van der Waals surface area contributed by atoms with Crippen molar-refractivity contribution in [1.82, 2.24) is 9.47 Å². The van der Waals surface area contributed by atoms with Gasteiger partial charge in [-0.1, -0.05) is 5.16 Å². The van der Waals surface area contributed by atoms with Crippen LogP contribution in [-0.2, 0) is 12.8 Å².